The van der Waals surface area contributed by atoms with Gasteiger partial charge in [-0.1, -0.05) is 48.5 Å². The van der Waals surface area contributed by atoms with Crippen LogP contribution in [0.2, 0.25) is 0 Å². The molecule has 1 unspecified atom stereocenters. The Bertz CT molecular complexity index is 890. The minimum atomic E-state index is -4.38. The summed E-state index contributed by atoms with van der Waals surface area (Å²) in [7, 11) is 0. The molecule has 3 aromatic rings. The van der Waals surface area contributed by atoms with Crippen LogP contribution in [0, 0.1) is 5.92 Å². The zero-order valence-electron chi connectivity index (χ0n) is 14.0. The number of benzene rings is 2. The lowest BCUT2D eigenvalue weighted by Crippen LogP contribution is -2.26. The van der Waals surface area contributed by atoms with Crippen molar-refractivity contribution in [3.63, 3.8) is 0 Å². The second-order valence-electron chi connectivity index (χ2n) is 6.39. The van der Waals surface area contributed by atoms with Gasteiger partial charge in [-0.3, -0.25) is 9.78 Å². The fourth-order valence-electron chi connectivity index (χ4n) is 3.04. The molecule has 2 nitrogen and oxygen atoms in total. The van der Waals surface area contributed by atoms with E-state index in [0.29, 0.717) is 5.56 Å². The number of carbonyl (C=O) groups is 1. The van der Waals surface area contributed by atoms with Gasteiger partial charge in [0.05, 0.1) is 11.9 Å². The van der Waals surface area contributed by atoms with Crippen molar-refractivity contribution >= 4 is 16.7 Å². The Morgan fingerprint density at radius 2 is 1.65 bits per heavy atom. The Labute approximate surface area is 149 Å². The van der Waals surface area contributed by atoms with Crippen molar-refractivity contribution in [1.82, 2.24) is 4.98 Å². The highest BCUT2D eigenvalue weighted by molar-refractivity contribution is 5.85. The number of pyridine rings is 1. The standard InChI is InChI=1S/C21H18F3NO/c22-21(23,24)13-18(10-15-6-2-1-3-7-15)20(26)12-16-11-17-8-4-5-9-19(17)25-14-16/h1-9,11,14,18H,10,12-13H2. The lowest BCUT2D eigenvalue weighted by Gasteiger charge is -2.18. The van der Waals surface area contributed by atoms with Crippen LogP contribution in [0.1, 0.15) is 17.5 Å². The number of alkyl halides is 3. The second-order valence-corrected chi connectivity index (χ2v) is 6.39. The molecule has 0 aliphatic rings. The first-order valence-corrected chi connectivity index (χ1v) is 8.38. The molecule has 26 heavy (non-hydrogen) atoms. The number of carbonyl (C=O) groups excluding carboxylic acids is 1. The molecule has 0 saturated carbocycles. The maximum Gasteiger partial charge on any atom is 0.389 e. The summed E-state index contributed by atoms with van der Waals surface area (Å²) in [6.07, 6.45) is -3.89. The molecule has 0 aliphatic heterocycles. The van der Waals surface area contributed by atoms with Gasteiger partial charge in [-0.05, 0) is 29.7 Å². The maximum absolute atomic E-state index is 13.0. The van der Waals surface area contributed by atoms with Gasteiger partial charge in [0.15, 0.2) is 0 Å². The van der Waals surface area contributed by atoms with E-state index in [1.807, 2.05) is 30.3 Å². The Morgan fingerprint density at radius 3 is 2.38 bits per heavy atom. The Hall–Kier alpha value is -2.69. The van der Waals surface area contributed by atoms with Gasteiger partial charge in [0.25, 0.3) is 0 Å². The van der Waals surface area contributed by atoms with Crippen molar-refractivity contribution in [1.29, 1.82) is 0 Å². The highest BCUT2D eigenvalue weighted by Crippen LogP contribution is 2.28. The van der Waals surface area contributed by atoms with Gasteiger partial charge in [-0.25, -0.2) is 0 Å². The summed E-state index contributed by atoms with van der Waals surface area (Å²) >= 11 is 0. The van der Waals surface area contributed by atoms with Gasteiger partial charge in [-0.15, -0.1) is 0 Å². The molecular formula is C21H18F3NO. The van der Waals surface area contributed by atoms with E-state index in [1.165, 1.54) is 0 Å². The van der Waals surface area contributed by atoms with Gasteiger partial charge in [0, 0.05) is 23.9 Å². The van der Waals surface area contributed by atoms with Gasteiger partial charge in [0.1, 0.15) is 5.78 Å². The topological polar surface area (TPSA) is 30.0 Å². The molecule has 0 spiro atoms. The molecule has 1 heterocycles. The molecule has 2 aromatic carbocycles. The van der Waals surface area contributed by atoms with Crippen molar-refractivity contribution in [2.24, 2.45) is 5.92 Å². The molecule has 1 atom stereocenters. The van der Waals surface area contributed by atoms with E-state index in [0.717, 1.165) is 16.5 Å². The highest BCUT2D eigenvalue weighted by atomic mass is 19.4. The first-order chi connectivity index (χ1) is 12.4. The van der Waals surface area contributed by atoms with Crippen molar-refractivity contribution in [3.8, 4) is 0 Å². The number of aromatic nitrogens is 1. The number of nitrogens with zero attached hydrogens (tertiary/aromatic N) is 1. The zero-order valence-corrected chi connectivity index (χ0v) is 14.0. The summed E-state index contributed by atoms with van der Waals surface area (Å²) in [5.74, 6) is -1.51. The highest BCUT2D eigenvalue weighted by Gasteiger charge is 2.35. The molecular weight excluding hydrogens is 339 g/mol. The summed E-state index contributed by atoms with van der Waals surface area (Å²) in [4.78, 5) is 16.9. The van der Waals surface area contributed by atoms with E-state index in [1.54, 1.807) is 36.5 Å². The molecule has 3 rings (SSSR count). The van der Waals surface area contributed by atoms with Gasteiger partial charge < -0.3 is 0 Å². The number of fused-ring (bicyclic) bond motifs is 1. The smallest absolute Gasteiger partial charge is 0.299 e. The fraction of sp³-hybridized carbons (Fsp3) is 0.238. The van der Waals surface area contributed by atoms with E-state index >= 15 is 0 Å². The summed E-state index contributed by atoms with van der Waals surface area (Å²) in [5.41, 5.74) is 2.15. The average molecular weight is 357 g/mol. The minimum Gasteiger partial charge on any atom is -0.299 e. The van der Waals surface area contributed by atoms with Crippen LogP contribution in [0.5, 0.6) is 0 Å². The van der Waals surface area contributed by atoms with Crippen molar-refractivity contribution in [2.45, 2.75) is 25.4 Å². The number of ketones is 1. The molecule has 134 valence electrons. The van der Waals surface area contributed by atoms with Crippen LogP contribution < -0.4 is 0 Å². The zero-order chi connectivity index (χ0) is 18.6. The number of halogens is 3. The number of para-hydroxylation sites is 1. The third-order valence-electron chi connectivity index (χ3n) is 4.28. The second kappa shape index (κ2) is 7.68. The molecule has 1 aromatic heterocycles. The van der Waals surface area contributed by atoms with Gasteiger partial charge in [0.2, 0.25) is 0 Å². The predicted octanol–water partition coefficient (Wildman–Crippen LogP) is 5.16. The normalized spacial score (nSPS) is 12.9. The summed E-state index contributed by atoms with van der Waals surface area (Å²) in [5, 5.41) is 0.869. The van der Waals surface area contributed by atoms with E-state index in [-0.39, 0.29) is 12.8 Å². The summed E-state index contributed by atoms with van der Waals surface area (Å²) < 4.78 is 38.9. The van der Waals surface area contributed by atoms with Gasteiger partial charge in [-0.2, -0.15) is 13.2 Å². The molecule has 0 saturated heterocycles. The molecule has 0 radical (unpaired) electrons. The van der Waals surface area contributed by atoms with E-state index < -0.39 is 24.3 Å². The van der Waals surface area contributed by atoms with Crippen molar-refractivity contribution in [2.75, 3.05) is 0 Å². The first kappa shape index (κ1) is 18.1. The summed E-state index contributed by atoms with van der Waals surface area (Å²) in [6.45, 7) is 0. The number of hydrogen-bond acceptors (Lipinski definition) is 2. The largest absolute Gasteiger partial charge is 0.389 e. The van der Waals surface area contributed by atoms with Crippen LogP contribution in [0.3, 0.4) is 0 Å². The Morgan fingerprint density at radius 1 is 0.962 bits per heavy atom. The lowest BCUT2D eigenvalue weighted by atomic mass is 9.89. The third-order valence-corrected chi connectivity index (χ3v) is 4.28. The Kier molecular flexibility index (Phi) is 5.35. The van der Waals surface area contributed by atoms with Crippen molar-refractivity contribution in [3.05, 3.63) is 78.0 Å². The van der Waals surface area contributed by atoms with E-state index in [9.17, 15) is 18.0 Å². The molecule has 0 aliphatic carbocycles. The van der Waals surface area contributed by atoms with E-state index in [4.69, 9.17) is 0 Å². The number of rotatable bonds is 6. The monoisotopic (exact) mass is 357 g/mol. The molecule has 5 heteroatoms. The molecule has 0 N–H and O–H groups in total. The predicted molar refractivity (Wildman–Crippen MR) is 94.8 cm³/mol. The lowest BCUT2D eigenvalue weighted by molar-refractivity contribution is -0.153. The molecule has 0 amide bonds. The number of Topliss-reactive ketones (excluding diaryl/α,β-unsaturated/α-hetero) is 1. The van der Waals surface area contributed by atoms with Crippen LogP contribution in [0.25, 0.3) is 10.9 Å². The molecule has 0 bridgehead atoms. The number of hydrogen-bond donors (Lipinski definition) is 0. The van der Waals surface area contributed by atoms with Crippen LogP contribution in [-0.2, 0) is 17.6 Å². The van der Waals surface area contributed by atoms with Crippen LogP contribution in [-0.4, -0.2) is 16.9 Å². The van der Waals surface area contributed by atoms with E-state index in [2.05, 4.69) is 4.98 Å². The Balaban J connectivity index is 1.79. The minimum absolute atomic E-state index is 0.0502. The fourth-order valence-corrected chi connectivity index (χ4v) is 3.04. The van der Waals surface area contributed by atoms with Crippen molar-refractivity contribution < 1.29 is 18.0 Å². The first-order valence-electron chi connectivity index (χ1n) is 8.38. The maximum atomic E-state index is 13.0. The SMILES string of the molecule is O=C(Cc1cnc2ccccc2c1)C(Cc1ccccc1)CC(F)(F)F. The third kappa shape index (κ3) is 4.91. The average Bonchev–Trinajstić information content (AvgIpc) is 2.61. The van der Waals surface area contributed by atoms with Gasteiger partial charge >= 0.3 is 6.18 Å². The van der Waals surface area contributed by atoms with Crippen LogP contribution in [0.15, 0.2) is 66.9 Å². The quantitative estimate of drug-likeness (QED) is 0.610. The molecule has 0 fully saturated rings. The summed E-state index contributed by atoms with van der Waals surface area (Å²) in [6, 6.07) is 18.1. The van der Waals surface area contributed by atoms with Crippen LogP contribution in [0.4, 0.5) is 13.2 Å². The van der Waals surface area contributed by atoms with Crippen LogP contribution >= 0.6 is 0 Å².